The highest BCUT2D eigenvalue weighted by Crippen LogP contribution is 2.35. The van der Waals surface area contributed by atoms with Crippen LogP contribution in [0.15, 0.2) is 70.4 Å². The molecule has 0 atom stereocenters. The predicted molar refractivity (Wildman–Crippen MR) is 127 cm³/mol. The highest BCUT2D eigenvalue weighted by atomic mass is 16.5. The number of hydrogen-bond acceptors (Lipinski definition) is 7. The average molecular weight is 453 g/mol. The first-order valence-corrected chi connectivity index (χ1v) is 11.3. The van der Waals surface area contributed by atoms with Crippen molar-refractivity contribution in [3.8, 4) is 40.0 Å². The van der Waals surface area contributed by atoms with Crippen molar-refractivity contribution in [2.45, 2.75) is 37.8 Å². The van der Waals surface area contributed by atoms with Gasteiger partial charge in [-0.15, -0.1) is 0 Å². The molecule has 1 fully saturated rings. The molecule has 0 aliphatic heterocycles. The quantitative estimate of drug-likeness (QED) is 0.468. The molecule has 0 bridgehead atoms. The van der Waals surface area contributed by atoms with Crippen molar-refractivity contribution in [2.24, 2.45) is 0 Å². The maximum Gasteiger partial charge on any atom is 0.251 e. The maximum atomic E-state index is 12.6. The third-order valence-corrected chi connectivity index (χ3v) is 6.33. The molecule has 0 amide bonds. The Balaban J connectivity index is 1.46. The molecule has 3 heterocycles. The summed E-state index contributed by atoms with van der Waals surface area (Å²) in [6.45, 7) is 0.801. The lowest BCUT2D eigenvalue weighted by molar-refractivity contribution is 0.383. The Kier molecular flexibility index (Phi) is 5.78. The van der Waals surface area contributed by atoms with Crippen molar-refractivity contribution in [3.63, 3.8) is 0 Å². The first-order valence-electron chi connectivity index (χ1n) is 11.3. The van der Waals surface area contributed by atoms with Gasteiger partial charge in [0.15, 0.2) is 5.76 Å². The number of nitriles is 1. The van der Waals surface area contributed by atoms with Gasteiger partial charge in [0.1, 0.15) is 16.9 Å². The van der Waals surface area contributed by atoms with Crippen molar-refractivity contribution in [3.05, 3.63) is 77.0 Å². The van der Waals surface area contributed by atoms with Gasteiger partial charge in [-0.2, -0.15) is 5.26 Å². The zero-order valence-corrected chi connectivity index (χ0v) is 18.9. The van der Waals surface area contributed by atoms with Crippen LogP contribution >= 0.6 is 0 Å². The summed E-state index contributed by atoms with van der Waals surface area (Å²) in [5.74, 6) is 0.501. The summed E-state index contributed by atoms with van der Waals surface area (Å²) >= 11 is 0. The number of nitrogens with one attached hydrogen (secondary N) is 1. The molecule has 170 valence electrons. The zero-order valence-electron chi connectivity index (χ0n) is 18.9. The van der Waals surface area contributed by atoms with Gasteiger partial charge in [-0.05, 0) is 44.4 Å². The van der Waals surface area contributed by atoms with Crippen LogP contribution in [0.4, 0.5) is 0 Å². The van der Waals surface area contributed by atoms with Crippen LogP contribution in [0.2, 0.25) is 0 Å². The molecule has 8 heteroatoms. The molecule has 0 spiro atoms. The molecule has 1 aliphatic carbocycles. The second kappa shape index (κ2) is 9.04. The van der Waals surface area contributed by atoms with Crippen LogP contribution in [0.3, 0.4) is 0 Å². The number of rotatable bonds is 6. The molecule has 1 aromatic carbocycles. The van der Waals surface area contributed by atoms with E-state index in [4.69, 9.17) is 9.51 Å². The summed E-state index contributed by atoms with van der Waals surface area (Å²) in [7, 11) is 1.91. The van der Waals surface area contributed by atoms with Gasteiger partial charge >= 0.3 is 0 Å². The summed E-state index contributed by atoms with van der Waals surface area (Å²) in [5.41, 5.74) is 3.72. The van der Waals surface area contributed by atoms with E-state index in [1.54, 1.807) is 29.2 Å². The summed E-state index contributed by atoms with van der Waals surface area (Å²) < 4.78 is 7.13. The standard InChI is InChI=1S/C26H24N6O2/c1-28-13-18-4-6-19(7-5-18)21-12-24(34-31-21)23-15-29-14-22(30-23)20-8-9-25(33)32(16-20)26(17-27)10-2-3-11-26/h4-9,12,14-16,28H,2-3,10-11,13H2,1H3. The van der Waals surface area contributed by atoms with E-state index in [0.29, 0.717) is 35.7 Å². The Morgan fingerprint density at radius 2 is 1.79 bits per heavy atom. The molecule has 1 aliphatic rings. The van der Waals surface area contributed by atoms with Crippen molar-refractivity contribution >= 4 is 0 Å². The monoisotopic (exact) mass is 452 g/mol. The van der Waals surface area contributed by atoms with E-state index >= 15 is 0 Å². The summed E-state index contributed by atoms with van der Waals surface area (Å²) in [5, 5.41) is 17.2. The Hall–Kier alpha value is -4.09. The van der Waals surface area contributed by atoms with E-state index < -0.39 is 5.54 Å². The minimum atomic E-state index is -0.791. The maximum absolute atomic E-state index is 12.6. The van der Waals surface area contributed by atoms with Crippen molar-refractivity contribution in [1.82, 2.24) is 25.0 Å². The fourth-order valence-electron chi connectivity index (χ4n) is 4.49. The topological polar surface area (TPSA) is 110 Å². The van der Waals surface area contributed by atoms with Crippen molar-refractivity contribution in [1.29, 1.82) is 5.26 Å². The fraction of sp³-hybridized carbons (Fsp3) is 0.269. The van der Waals surface area contributed by atoms with E-state index in [2.05, 4.69) is 21.5 Å². The first-order chi connectivity index (χ1) is 16.6. The molecular formula is C26H24N6O2. The van der Waals surface area contributed by atoms with Gasteiger partial charge < -0.3 is 9.84 Å². The van der Waals surface area contributed by atoms with E-state index in [-0.39, 0.29) is 5.56 Å². The number of nitrogens with zero attached hydrogens (tertiary/aromatic N) is 5. The van der Waals surface area contributed by atoms with Gasteiger partial charge in [-0.25, -0.2) is 4.98 Å². The molecule has 8 nitrogen and oxygen atoms in total. The van der Waals surface area contributed by atoms with Gasteiger partial charge in [0, 0.05) is 36.0 Å². The molecule has 4 aromatic rings. The second-order valence-electron chi connectivity index (χ2n) is 8.57. The molecule has 3 aromatic heterocycles. The summed E-state index contributed by atoms with van der Waals surface area (Å²) in [4.78, 5) is 21.6. The lowest BCUT2D eigenvalue weighted by atomic mass is 9.98. The van der Waals surface area contributed by atoms with Crippen LogP contribution in [-0.2, 0) is 12.1 Å². The van der Waals surface area contributed by atoms with Gasteiger partial charge in [-0.1, -0.05) is 29.4 Å². The normalized spacial score (nSPS) is 14.7. The average Bonchev–Trinajstić information content (AvgIpc) is 3.56. The highest BCUT2D eigenvalue weighted by molar-refractivity contribution is 5.66. The Morgan fingerprint density at radius 1 is 1.06 bits per heavy atom. The van der Waals surface area contributed by atoms with Crippen molar-refractivity contribution in [2.75, 3.05) is 7.05 Å². The molecule has 5 rings (SSSR count). The smallest absolute Gasteiger partial charge is 0.251 e. The minimum absolute atomic E-state index is 0.183. The van der Waals surface area contributed by atoms with Crippen LogP contribution < -0.4 is 10.9 Å². The van der Waals surface area contributed by atoms with Gasteiger partial charge in [0.2, 0.25) is 0 Å². The van der Waals surface area contributed by atoms with E-state index in [1.165, 1.54) is 11.6 Å². The van der Waals surface area contributed by atoms with Crippen LogP contribution in [0, 0.1) is 11.3 Å². The van der Waals surface area contributed by atoms with E-state index in [0.717, 1.165) is 30.5 Å². The summed E-state index contributed by atoms with van der Waals surface area (Å²) in [6, 6.07) is 15.5. The first kappa shape index (κ1) is 21.7. The third kappa shape index (κ3) is 4.02. The Labute approximate surface area is 196 Å². The van der Waals surface area contributed by atoms with Gasteiger partial charge in [0.05, 0.1) is 24.2 Å². The molecule has 34 heavy (non-hydrogen) atoms. The van der Waals surface area contributed by atoms with E-state index in [9.17, 15) is 10.1 Å². The number of pyridine rings is 1. The van der Waals surface area contributed by atoms with Gasteiger partial charge in [-0.3, -0.25) is 14.3 Å². The Morgan fingerprint density at radius 3 is 2.53 bits per heavy atom. The lowest BCUT2D eigenvalue weighted by Gasteiger charge is -2.24. The number of aromatic nitrogens is 4. The van der Waals surface area contributed by atoms with Crippen LogP contribution in [0.1, 0.15) is 31.2 Å². The Bertz CT molecular complexity index is 1410. The SMILES string of the molecule is CNCc1ccc(-c2cc(-c3cncc(-c4ccc(=O)n(C5(C#N)CCCC5)c4)n3)on2)cc1. The zero-order chi connectivity index (χ0) is 23.5. The van der Waals surface area contributed by atoms with Crippen LogP contribution in [0.25, 0.3) is 34.0 Å². The largest absolute Gasteiger partial charge is 0.354 e. The van der Waals surface area contributed by atoms with Gasteiger partial charge in [0.25, 0.3) is 5.56 Å². The van der Waals surface area contributed by atoms with Crippen LogP contribution in [0.5, 0.6) is 0 Å². The molecule has 0 unspecified atom stereocenters. The van der Waals surface area contributed by atoms with Crippen LogP contribution in [-0.4, -0.2) is 26.7 Å². The minimum Gasteiger partial charge on any atom is -0.354 e. The molecular weight excluding hydrogens is 428 g/mol. The van der Waals surface area contributed by atoms with E-state index in [1.807, 2.05) is 37.4 Å². The van der Waals surface area contributed by atoms with Crippen molar-refractivity contribution < 1.29 is 4.52 Å². The molecule has 1 N–H and O–H groups in total. The number of benzene rings is 1. The molecule has 0 radical (unpaired) electrons. The predicted octanol–water partition coefficient (Wildman–Crippen LogP) is 4.14. The fourth-order valence-corrected chi connectivity index (χ4v) is 4.49. The second-order valence-corrected chi connectivity index (χ2v) is 8.57. The molecule has 1 saturated carbocycles. The third-order valence-electron chi connectivity index (χ3n) is 6.33. The lowest BCUT2D eigenvalue weighted by Crippen LogP contribution is -2.37. The molecule has 0 saturated heterocycles. The highest BCUT2D eigenvalue weighted by Gasteiger charge is 2.36. The number of hydrogen-bond donors (Lipinski definition) is 1. The summed E-state index contributed by atoms with van der Waals surface area (Å²) in [6.07, 6.45) is 8.21.